The van der Waals surface area contributed by atoms with Crippen LogP contribution in [-0.4, -0.2) is 5.75 Å². The van der Waals surface area contributed by atoms with Crippen LogP contribution in [0.1, 0.15) is 5.56 Å². The van der Waals surface area contributed by atoms with Gasteiger partial charge in [0.05, 0.1) is 0 Å². The first-order valence-electron chi connectivity index (χ1n) is 5.44. The van der Waals surface area contributed by atoms with Gasteiger partial charge in [-0.25, -0.2) is 4.39 Å². The lowest BCUT2D eigenvalue weighted by Gasteiger charge is -1.96. The van der Waals surface area contributed by atoms with Gasteiger partial charge in [0.25, 0.3) is 0 Å². The molecule has 17 heavy (non-hydrogen) atoms. The third-order valence-corrected chi connectivity index (χ3v) is 3.23. The van der Waals surface area contributed by atoms with Gasteiger partial charge < -0.3 is 0 Å². The normalized spacial score (nSPS) is 10.9. The summed E-state index contributed by atoms with van der Waals surface area (Å²) in [5.41, 5.74) is 1.03. The van der Waals surface area contributed by atoms with Gasteiger partial charge in [-0.05, 0) is 29.8 Å². The summed E-state index contributed by atoms with van der Waals surface area (Å²) in [6.45, 7) is 0. The maximum absolute atomic E-state index is 12.7. The van der Waals surface area contributed by atoms with Crippen LogP contribution in [0, 0.1) is 5.82 Å². The van der Waals surface area contributed by atoms with Crippen molar-refractivity contribution in [1.82, 2.24) is 0 Å². The van der Waals surface area contributed by atoms with E-state index < -0.39 is 0 Å². The molecule has 86 valence electrons. The first-order chi connectivity index (χ1) is 8.34. The van der Waals surface area contributed by atoms with Crippen molar-refractivity contribution in [3.05, 3.63) is 72.1 Å². The summed E-state index contributed by atoms with van der Waals surface area (Å²) in [6, 6.07) is 16.8. The minimum absolute atomic E-state index is 0.194. The van der Waals surface area contributed by atoms with Crippen molar-refractivity contribution in [3.63, 3.8) is 0 Å². The van der Waals surface area contributed by atoms with Crippen molar-refractivity contribution < 1.29 is 4.39 Å². The molecule has 0 amide bonds. The number of benzene rings is 2. The summed E-state index contributed by atoms with van der Waals surface area (Å²) in [5, 5.41) is 0. The lowest BCUT2D eigenvalue weighted by Crippen LogP contribution is -1.76. The van der Waals surface area contributed by atoms with E-state index in [-0.39, 0.29) is 5.82 Å². The zero-order chi connectivity index (χ0) is 11.9. The average molecular weight is 244 g/mol. The van der Waals surface area contributed by atoms with E-state index in [4.69, 9.17) is 0 Å². The van der Waals surface area contributed by atoms with Crippen molar-refractivity contribution in [2.75, 3.05) is 5.75 Å². The Kier molecular flexibility index (Phi) is 4.39. The minimum Gasteiger partial charge on any atom is -0.207 e. The van der Waals surface area contributed by atoms with Crippen molar-refractivity contribution in [2.45, 2.75) is 4.90 Å². The summed E-state index contributed by atoms with van der Waals surface area (Å²) >= 11 is 1.78. The molecule has 0 radical (unpaired) electrons. The first-order valence-corrected chi connectivity index (χ1v) is 6.43. The highest BCUT2D eigenvalue weighted by atomic mass is 32.2. The van der Waals surface area contributed by atoms with Gasteiger partial charge in [0.2, 0.25) is 0 Å². The van der Waals surface area contributed by atoms with E-state index in [2.05, 4.69) is 18.2 Å². The molecule has 0 atom stereocenters. The van der Waals surface area contributed by atoms with Crippen LogP contribution in [0.2, 0.25) is 0 Å². The Labute approximate surface area is 105 Å². The molecule has 0 nitrogen and oxygen atoms in total. The number of rotatable bonds is 4. The maximum Gasteiger partial charge on any atom is 0.123 e. The first kappa shape index (κ1) is 11.9. The molecule has 0 aliphatic rings. The highest BCUT2D eigenvalue weighted by Crippen LogP contribution is 2.17. The number of halogens is 1. The molecule has 0 fully saturated rings. The molecule has 0 aromatic heterocycles. The van der Waals surface area contributed by atoms with Crippen LogP contribution in [0.3, 0.4) is 0 Å². The highest BCUT2D eigenvalue weighted by Gasteiger charge is 1.90. The van der Waals surface area contributed by atoms with E-state index in [1.54, 1.807) is 23.9 Å². The SMILES string of the molecule is Fc1ccc(/C=C/CSc2ccccc2)cc1. The molecule has 0 unspecified atom stereocenters. The van der Waals surface area contributed by atoms with Gasteiger partial charge in [0.15, 0.2) is 0 Å². The molecular weight excluding hydrogens is 231 g/mol. The van der Waals surface area contributed by atoms with Crippen molar-refractivity contribution in [3.8, 4) is 0 Å². The minimum atomic E-state index is -0.194. The van der Waals surface area contributed by atoms with Gasteiger partial charge in [0.1, 0.15) is 5.82 Å². The molecule has 2 rings (SSSR count). The molecule has 0 aliphatic heterocycles. The van der Waals surface area contributed by atoms with E-state index >= 15 is 0 Å². The fourth-order valence-corrected chi connectivity index (χ4v) is 2.15. The Morgan fingerprint density at radius 3 is 2.35 bits per heavy atom. The number of hydrogen-bond donors (Lipinski definition) is 0. The summed E-state index contributed by atoms with van der Waals surface area (Å²) in [6.07, 6.45) is 4.10. The van der Waals surface area contributed by atoms with E-state index in [1.165, 1.54) is 17.0 Å². The lowest BCUT2D eigenvalue weighted by atomic mass is 10.2. The van der Waals surface area contributed by atoms with E-state index in [1.807, 2.05) is 24.3 Å². The summed E-state index contributed by atoms with van der Waals surface area (Å²) in [5.74, 6) is 0.724. The average Bonchev–Trinajstić information content (AvgIpc) is 2.38. The van der Waals surface area contributed by atoms with Gasteiger partial charge in [-0.2, -0.15) is 0 Å². The molecule has 0 saturated heterocycles. The molecule has 2 heteroatoms. The molecule has 0 heterocycles. The fourth-order valence-electron chi connectivity index (χ4n) is 1.42. The molecule has 0 spiro atoms. The molecule has 0 saturated carbocycles. The molecule has 2 aromatic rings. The van der Waals surface area contributed by atoms with Gasteiger partial charge in [-0.15, -0.1) is 11.8 Å². The molecule has 0 aliphatic carbocycles. The molecule has 0 bridgehead atoms. The summed E-state index contributed by atoms with van der Waals surface area (Å²) in [4.78, 5) is 1.26. The van der Waals surface area contributed by atoms with Crippen molar-refractivity contribution >= 4 is 17.8 Å². The second-order valence-corrected chi connectivity index (χ2v) is 4.67. The Morgan fingerprint density at radius 2 is 1.65 bits per heavy atom. The van der Waals surface area contributed by atoms with Gasteiger partial charge >= 0.3 is 0 Å². The highest BCUT2D eigenvalue weighted by molar-refractivity contribution is 7.99. The predicted octanol–water partition coefficient (Wildman–Crippen LogP) is 4.63. The van der Waals surface area contributed by atoms with Crippen LogP contribution < -0.4 is 0 Å². The lowest BCUT2D eigenvalue weighted by molar-refractivity contribution is 0.628. The summed E-state index contributed by atoms with van der Waals surface area (Å²) in [7, 11) is 0. The van der Waals surface area contributed by atoms with Crippen LogP contribution in [-0.2, 0) is 0 Å². The summed E-state index contributed by atoms with van der Waals surface area (Å²) < 4.78 is 12.7. The largest absolute Gasteiger partial charge is 0.207 e. The standard InChI is InChI=1S/C15H13FS/c16-14-10-8-13(9-11-14)5-4-12-17-15-6-2-1-3-7-15/h1-11H,12H2/b5-4+. The van der Waals surface area contributed by atoms with Crippen LogP contribution in [0.5, 0.6) is 0 Å². The maximum atomic E-state index is 12.7. The molecular formula is C15H13FS. The van der Waals surface area contributed by atoms with Crippen LogP contribution in [0.4, 0.5) is 4.39 Å². The fraction of sp³-hybridized carbons (Fsp3) is 0.0667. The zero-order valence-corrected chi connectivity index (χ0v) is 10.2. The van der Waals surface area contributed by atoms with Crippen LogP contribution in [0.15, 0.2) is 65.6 Å². The Morgan fingerprint density at radius 1 is 0.941 bits per heavy atom. The third kappa shape index (κ3) is 4.08. The number of hydrogen-bond acceptors (Lipinski definition) is 1. The van der Waals surface area contributed by atoms with Crippen molar-refractivity contribution in [2.24, 2.45) is 0 Å². The third-order valence-electron chi connectivity index (χ3n) is 2.27. The molecule has 2 aromatic carbocycles. The predicted molar refractivity (Wildman–Crippen MR) is 72.6 cm³/mol. The smallest absolute Gasteiger partial charge is 0.123 e. The second-order valence-electron chi connectivity index (χ2n) is 3.58. The van der Waals surface area contributed by atoms with E-state index in [0.29, 0.717) is 0 Å². The Hall–Kier alpha value is -1.54. The van der Waals surface area contributed by atoms with Crippen LogP contribution in [0.25, 0.3) is 6.08 Å². The zero-order valence-electron chi connectivity index (χ0n) is 9.34. The number of thioether (sulfide) groups is 1. The Bertz CT molecular complexity index is 474. The quantitative estimate of drug-likeness (QED) is 0.706. The second kappa shape index (κ2) is 6.26. The Balaban J connectivity index is 1.84. The van der Waals surface area contributed by atoms with Crippen molar-refractivity contribution in [1.29, 1.82) is 0 Å². The molecule has 0 N–H and O–H groups in total. The topological polar surface area (TPSA) is 0 Å². The van der Waals surface area contributed by atoms with Gasteiger partial charge in [-0.3, -0.25) is 0 Å². The van der Waals surface area contributed by atoms with E-state index in [9.17, 15) is 4.39 Å². The van der Waals surface area contributed by atoms with E-state index in [0.717, 1.165) is 11.3 Å². The monoisotopic (exact) mass is 244 g/mol. The van der Waals surface area contributed by atoms with Crippen LogP contribution >= 0.6 is 11.8 Å². The van der Waals surface area contributed by atoms with Gasteiger partial charge in [-0.1, -0.05) is 42.5 Å². The van der Waals surface area contributed by atoms with Gasteiger partial charge in [0, 0.05) is 10.6 Å².